The number of aliphatic hydroxyl groups is 1. The van der Waals surface area contributed by atoms with Crippen molar-refractivity contribution in [3.63, 3.8) is 0 Å². The van der Waals surface area contributed by atoms with E-state index in [1.165, 1.54) is 12.1 Å². The van der Waals surface area contributed by atoms with Crippen molar-refractivity contribution >= 4 is 17.7 Å². The number of nitriles is 1. The van der Waals surface area contributed by atoms with Crippen LogP contribution in [0.25, 0.3) is 16.9 Å². The Labute approximate surface area is 274 Å². The first kappa shape index (κ1) is 33.9. The molecular formula is C35H43FN6O5. The van der Waals surface area contributed by atoms with Gasteiger partial charge in [-0.05, 0) is 95.3 Å². The van der Waals surface area contributed by atoms with Gasteiger partial charge in [0.1, 0.15) is 17.5 Å². The quantitative estimate of drug-likeness (QED) is 0.309. The largest absolute Gasteiger partial charge is 0.444 e. The number of hydrogen-bond donors (Lipinski definition) is 2. The second-order valence-corrected chi connectivity index (χ2v) is 13.0. The van der Waals surface area contributed by atoms with E-state index in [0.717, 1.165) is 31.6 Å². The SMILES string of the molecule is CC(C)(C)OC(=O)N[C@@H]1CCCN(C(=O)c2cc(-c3ccc(C#N)c(F)c3)n(-c3ccc(N4CCC(OCCCO)CC4)cc3)n2)C1. The number of rotatable bonds is 9. The molecule has 1 aromatic heterocycles. The van der Waals surface area contributed by atoms with Crippen molar-refractivity contribution in [3.05, 3.63) is 65.6 Å². The minimum atomic E-state index is -0.656. The molecule has 0 aliphatic carbocycles. The van der Waals surface area contributed by atoms with Gasteiger partial charge in [-0.15, -0.1) is 0 Å². The molecule has 12 heteroatoms. The summed E-state index contributed by atoms with van der Waals surface area (Å²) in [6, 6.07) is 15.4. The Kier molecular flexibility index (Phi) is 10.8. The Morgan fingerprint density at radius 1 is 1.06 bits per heavy atom. The summed E-state index contributed by atoms with van der Waals surface area (Å²) in [4.78, 5) is 30.1. The van der Waals surface area contributed by atoms with Crippen LogP contribution in [0.15, 0.2) is 48.5 Å². The predicted octanol–water partition coefficient (Wildman–Crippen LogP) is 5.05. The van der Waals surface area contributed by atoms with E-state index in [9.17, 15) is 19.2 Å². The van der Waals surface area contributed by atoms with E-state index >= 15 is 0 Å². The molecule has 2 N–H and O–H groups in total. The molecule has 250 valence electrons. The summed E-state index contributed by atoms with van der Waals surface area (Å²) in [6.07, 6.45) is 3.53. The molecule has 2 saturated heterocycles. The van der Waals surface area contributed by atoms with E-state index in [2.05, 4.69) is 10.2 Å². The number of carbonyl (C=O) groups is 2. The molecule has 0 unspecified atom stereocenters. The Balaban J connectivity index is 1.36. The van der Waals surface area contributed by atoms with Gasteiger partial charge in [0.25, 0.3) is 5.91 Å². The Morgan fingerprint density at radius 2 is 1.79 bits per heavy atom. The van der Waals surface area contributed by atoms with Crippen molar-refractivity contribution in [1.29, 1.82) is 5.26 Å². The van der Waals surface area contributed by atoms with Crippen molar-refractivity contribution in [2.45, 2.75) is 70.6 Å². The lowest BCUT2D eigenvalue weighted by Crippen LogP contribution is -2.50. The van der Waals surface area contributed by atoms with Crippen LogP contribution in [0.1, 0.15) is 68.9 Å². The summed E-state index contributed by atoms with van der Waals surface area (Å²) < 4.78 is 27.6. The highest BCUT2D eigenvalue weighted by Gasteiger charge is 2.29. The number of nitrogens with one attached hydrogen (secondary N) is 1. The molecule has 3 heterocycles. The van der Waals surface area contributed by atoms with Gasteiger partial charge in [-0.3, -0.25) is 4.79 Å². The third-order valence-corrected chi connectivity index (χ3v) is 8.30. The summed E-state index contributed by atoms with van der Waals surface area (Å²) in [6.45, 7) is 8.60. The molecule has 47 heavy (non-hydrogen) atoms. The van der Waals surface area contributed by atoms with Gasteiger partial charge in [0.2, 0.25) is 0 Å². The molecule has 2 aliphatic rings. The van der Waals surface area contributed by atoms with Crippen LogP contribution in [0, 0.1) is 17.1 Å². The van der Waals surface area contributed by atoms with E-state index in [1.54, 1.807) is 42.5 Å². The number of benzene rings is 2. The van der Waals surface area contributed by atoms with E-state index in [4.69, 9.17) is 19.7 Å². The zero-order chi connectivity index (χ0) is 33.6. The van der Waals surface area contributed by atoms with Crippen LogP contribution >= 0.6 is 0 Å². The molecule has 11 nitrogen and oxygen atoms in total. The molecule has 0 spiro atoms. The molecule has 2 amide bonds. The van der Waals surface area contributed by atoms with Crippen LogP contribution in [0.3, 0.4) is 0 Å². The van der Waals surface area contributed by atoms with E-state index in [1.807, 2.05) is 30.3 Å². The van der Waals surface area contributed by atoms with Gasteiger partial charge in [-0.1, -0.05) is 6.07 Å². The van der Waals surface area contributed by atoms with E-state index in [-0.39, 0.29) is 35.9 Å². The van der Waals surface area contributed by atoms with Crippen LogP contribution in [0.4, 0.5) is 14.9 Å². The Hall–Kier alpha value is -4.47. The van der Waals surface area contributed by atoms with Crippen molar-refractivity contribution < 1.29 is 28.6 Å². The van der Waals surface area contributed by atoms with E-state index < -0.39 is 17.5 Å². The fourth-order valence-electron chi connectivity index (χ4n) is 5.97. The second-order valence-electron chi connectivity index (χ2n) is 13.0. The van der Waals surface area contributed by atoms with Crippen molar-refractivity contribution in [2.24, 2.45) is 0 Å². The standard InChI is InChI=1S/C35H43FN6O5/c1-35(2,3)47-34(45)38-26-6-4-15-41(23-26)33(44)31-21-32(24-7-8-25(22-37)30(36)20-24)42(39-31)28-11-9-27(10-12-28)40-16-13-29(14-17-40)46-19-5-18-43/h7-12,20-21,26,29,43H,4-6,13-19,23H2,1-3H3,(H,38,45)/t26-/m1/s1. The molecule has 2 fully saturated rings. The lowest BCUT2D eigenvalue weighted by Gasteiger charge is -2.33. The summed E-state index contributed by atoms with van der Waals surface area (Å²) >= 11 is 0. The minimum absolute atomic E-state index is 0.0696. The van der Waals surface area contributed by atoms with Crippen molar-refractivity contribution in [3.8, 4) is 23.0 Å². The van der Waals surface area contributed by atoms with Crippen LogP contribution in [-0.4, -0.2) is 88.9 Å². The molecule has 2 aromatic carbocycles. The zero-order valence-corrected chi connectivity index (χ0v) is 27.2. The molecule has 5 rings (SSSR count). The number of halogens is 1. The maximum Gasteiger partial charge on any atom is 0.407 e. The molecular weight excluding hydrogens is 603 g/mol. The summed E-state index contributed by atoms with van der Waals surface area (Å²) in [5.41, 5.74) is 2.21. The monoisotopic (exact) mass is 646 g/mol. The average Bonchev–Trinajstić information content (AvgIpc) is 3.50. The predicted molar refractivity (Wildman–Crippen MR) is 175 cm³/mol. The molecule has 0 saturated carbocycles. The van der Waals surface area contributed by atoms with Gasteiger partial charge in [0, 0.05) is 56.7 Å². The zero-order valence-electron chi connectivity index (χ0n) is 27.2. The van der Waals surface area contributed by atoms with E-state index in [0.29, 0.717) is 55.9 Å². The summed E-state index contributed by atoms with van der Waals surface area (Å²) in [5, 5.41) is 25.8. The summed E-state index contributed by atoms with van der Waals surface area (Å²) in [7, 11) is 0. The number of nitrogens with zero attached hydrogens (tertiary/aromatic N) is 5. The Morgan fingerprint density at radius 3 is 2.45 bits per heavy atom. The number of amides is 2. The molecule has 2 aliphatic heterocycles. The number of hydrogen-bond acceptors (Lipinski definition) is 8. The first-order valence-corrected chi connectivity index (χ1v) is 16.2. The fourth-order valence-corrected chi connectivity index (χ4v) is 5.97. The number of piperidine rings is 2. The summed E-state index contributed by atoms with van der Waals surface area (Å²) in [5.74, 6) is -0.952. The van der Waals surface area contributed by atoms with Gasteiger partial charge >= 0.3 is 6.09 Å². The topological polar surface area (TPSA) is 133 Å². The van der Waals surface area contributed by atoms with Gasteiger partial charge in [-0.2, -0.15) is 10.4 Å². The average molecular weight is 647 g/mol. The third-order valence-electron chi connectivity index (χ3n) is 8.30. The number of alkyl carbamates (subject to hydrolysis) is 1. The maximum atomic E-state index is 14.8. The van der Waals surface area contributed by atoms with Crippen LogP contribution in [-0.2, 0) is 9.47 Å². The lowest BCUT2D eigenvalue weighted by molar-refractivity contribution is 0.0294. The number of carbonyl (C=O) groups excluding carboxylic acids is 2. The third kappa shape index (κ3) is 8.67. The second kappa shape index (κ2) is 15.0. The first-order chi connectivity index (χ1) is 22.5. The number of anilines is 1. The van der Waals surface area contributed by atoms with Crippen LogP contribution in [0.2, 0.25) is 0 Å². The molecule has 0 radical (unpaired) electrons. The van der Waals surface area contributed by atoms with Gasteiger partial charge in [0.05, 0.1) is 23.0 Å². The smallest absolute Gasteiger partial charge is 0.407 e. The first-order valence-electron chi connectivity index (χ1n) is 16.2. The normalized spacial score (nSPS) is 17.3. The number of likely N-dealkylation sites (tertiary alicyclic amines) is 1. The highest BCUT2D eigenvalue weighted by atomic mass is 19.1. The van der Waals surface area contributed by atoms with Crippen LogP contribution < -0.4 is 10.2 Å². The molecule has 3 aromatic rings. The Bertz CT molecular complexity index is 1590. The lowest BCUT2D eigenvalue weighted by atomic mass is 10.0. The van der Waals surface area contributed by atoms with Crippen molar-refractivity contribution in [2.75, 3.05) is 44.3 Å². The van der Waals surface area contributed by atoms with Gasteiger partial charge < -0.3 is 29.7 Å². The molecule has 0 bridgehead atoms. The highest BCUT2D eigenvalue weighted by molar-refractivity contribution is 5.94. The number of aliphatic hydroxyl groups excluding tert-OH is 1. The maximum absolute atomic E-state index is 14.8. The minimum Gasteiger partial charge on any atom is -0.444 e. The van der Waals surface area contributed by atoms with Gasteiger partial charge in [-0.25, -0.2) is 13.9 Å². The molecule has 1 atom stereocenters. The number of aromatic nitrogens is 2. The van der Waals surface area contributed by atoms with Gasteiger partial charge in [0.15, 0.2) is 5.69 Å². The highest BCUT2D eigenvalue weighted by Crippen LogP contribution is 2.29. The van der Waals surface area contributed by atoms with Crippen molar-refractivity contribution in [1.82, 2.24) is 20.0 Å². The fraction of sp³-hybridized carbons (Fsp3) is 0.486. The number of ether oxygens (including phenoxy) is 2. The van der Waals surface area contributed by atoms with Crippen LogP contribution in [0.5, 0.6) is 0 Å².